The van der Waals surface area contributed by atoms with E-state index in [9.17, 15) is 14.7 Å². The average molecular weight is 355 g/mol. The molecule has 0 radical (unpaired) electrons. The summed E-state index contributed by atoms with van der Waals surface area (Å²) < 4.78 is 9.96. The normalized spacial score (nSPS) is 10.5. The second kappa shape index (κ2) is 9.27. The fraction of sp³-hybridized carbons (Fsp3) is 0.200. The van der Waals surface area contributed by atoms with Crippen molar-refractivity contribution < 1.29 is 24.2 Å². The molecule has 0 heterocycles. The van der Waals surface area contributed by atoms with E-state index in [1.807, 2.05) is 30.3 Å². The highest BCUT2D eigenvalue weighted by molar-refractivity contribution is 5.89. The van der Waals surface area contributed by atoms with Gasteiger partial charge >= 0.3 is 5.97 Å². The lowest BCUT2D eigenvalue weighted by atomic mass is 10.2. The molecule has 26 heavy (non-hydrogen) atoms. The molecule has 0 bridgehead atoms. The van der Waals surface area contributed by atoms with Gasteiger partial charge in [0.25, 0.3) is 5.91 Å². The molecule has 0 atom stereocenters. The molecule has 1 N–H and O–H groups in total. The Morgan fingerprint density at radius 2 is 1.88 bits per heavy atom. The van der Waals surface area contributed by atoms with Gasteiger partial charge in [0.2, 0.25) is 0 Å². The molecule has 0 fully saturated rings. The summed E-state index contributed by atoms with van der Waals surface area (Å²) in [7, 11) is 3.09. The molecule has 2 rings (SSSR count). The first kappa shape index (κ1) is 19.1. The van der Waals surface area contributed by atoms with Crippen molar-refractivity contribution in [2.24, 2.45) is 0 Å². The number of carbonyl (C=O) groups excluding carboxylic acids is 2. The SMILES string of the molecule is COc1cc(C=CC(=O)OCC(=O)N(C)Cc2ccccc2)ccc1O. The Balaban J connectivity index is 1.83. The van der Waals surface area contributed by atoms with Gasteiger partial charge in [-0.3, -0.25) is 4.79 Å². The number of phenolic OH excluding ortho intramolecular Hbond substituents is 1. The van der Waals surface area contributed by atoms with Gasteiger partial charge in [0.05, 0.1) is 7.11 Å². The molecule has 2 aromatic rings. The summed E-state index contributed by atoms with van der Waals surface area (Å²) in [5.74, 6) is -0.599. The molecule has 2 aromatic carbocycles. The van der Waals surface area contributed by atoms with Crippen LogP contribution >= 0.6 is 0 Å². The molecule has 0 saturated carbocycles. The van der Waals surface area contributed by atoms with Crippen LogP contribution in [0.2, 0.25) is 0 Å². The maximum Gasteiger partial charge on any atom is 0.331 e. The molecule has 6 heteroatoms. The van der Waals surface area contributed by atoms with Crippen molar-refractivity contribution in [3.05, 3.63) is 65.7 Å². The summed E-state index contributed by atoms with van der Waals surface area (Å²) in [6, 6.07) is 14.2. The minimum atomic E-state index is -0.626. The van der Waals surface area contributed by atoms with E-state index in [1.165, 1.54) is 30.2 Å². The number of amides is 1. The highest BCUT2D eigenvalue weighted by Crippen LogP contribution is 2.26. The molecular weight excluding hydrogens is 334 g/mol. The van der Waals surface area contributed by atoms with Crippen LogP contribution in [-0.2, 0) is 20.9 Å². The third-order valence-electron chi connectivity index (χ3n) is 3.64. The predicted molar refractivity (Wildman–Crippen MR) is 97.6 cm³/mol. The number of ether oxygens (including phenoxy) is 2. The van der Waals surface area contributed by atoms with Gasteiger partial charge in [0.15, 0.2) is 18.1 Å². The monoisotopic (exact) mass is 355 g/mol. The minimum absolute atomic E-state index is 0.0132. The van der Waals surface area contributed by atoms with Crippen LogP contribution in [0.4, 0.5) is 0 Å². The highest BCUT2D eigenvalue weighted by atomic mass is 16.5. The molecule has 0 aromatic heterocycles. The van der Waals surface area contributed by atoms with Gasteiger partial charge < -0.3 is 19.5 Å². The van der Waals surface area contributed by atoms with E-state index >= 15 is 0 Å². The Kier molecular flexibility index (Phi) is 6.79. The molecule has 0 aliphatic heterocycles. The van der Waals surface area contributed by atoms with Crippen LogP contribution in [0.3, 0.4) is 0 Å². The van der Waals surface area contributed by atoms with E-state index in [0.29, 0.717) is 17.9 Å². The Labute approximate surface area is 152 Å². The van der Waals surface area contributed by atoms with Gasteiger partial charge in [0.1, 0.15) is 0 Å². The molecular formula is C20H21NO5. The van der Waals surface area contributed by atoms with Crippen molar-refractivity contribution in [1.82, 2.24) is 4.90 Å². The van der Waals surface area contributed by atoms with E-state index in [-0.39, 0.29) is 18.3 Å². The maximum absolute atomic E-state index is 12.0. The topological polar surface area (TPSA) is 76.1 Å². The number of carbonyl (C=O) groups is 2. The van der Waals surface area contributed by atoms with Crippen LogP contribution in [0, 0.1) is 0 Å². The van der Waals surface area contributed by atoms with Crippen molar-refractivity contribution in [2.45, 2.75) is 6.54 Å². The lowest BCUT2D eigenvalue weighted by Crippen LogP contribution is -2.30. The van der Waals surface area contributed by atoms with Crippen molar-refractivity contribution in [3.63, 3.8) is 0 Å². The number of aromatic hydroxyl groups is 1. The average Bonchev–Trinajstić information content (AvgIpc) is 2.66. The molecule has 0 unspecified atom stereocenters. The smallest absolute Gasteiger partial charge is 0.331 e. The predicted octanol–water partition coefficient (Wildman–Crippen LogP) is 2.62. The summed E-state index contributed by atoms with van der Waals surface area (Å²) >= 11 is 0. The minimum Gasteiger partial charge on any atom is -0.504 e. The maximum atomic E-state index is 12.0. The number of nitrogens with zero attached hydrogens (tertiary/aromatic N) is 1. The van der Waals surface area contributed by atoms with Crippen LogP contribution in [0.1, 0.15) is 11.1 Å². The molecule has 0 saturated heterocycles. The second-order valence-electron chi connectivity index (χ2n) is 5.61. The molecule has 0 spiro atoms. The van der Waals surface area contributed by atoms with Crippen LogP contribution in [0.25, 0.3) is 6.08 Å². The lowest BCUT2D eigenvalue weighted by molar-refractivity contribution is -0.147. The third-order valence-corrected chi connectivity index (χ3v) is 3.64. The highest BCUT2D eigenvalue weighted by Gasteiger charge is 2.11. The second-order valence-corrected chi connectivity index (χ2v) is 5.61. The summed E-state index contributed by atoms with van der Waals surface area (Å²) in [5.41, 5.74) is 1.65. The Hall–Kier alpha value is -3.28. The van der Waals surface area contributed by atoms with Crippen LogP contribution < -0.4 is 4.74 Å². The number of methoxy groups -OCH3 is 1. The zero-order valence-corrected chi connectivity index (χ0v) is 14.7. The van der Waals surface area contributed by atoms with Gasteiger partial charge in [-0.1, -0.05) is 36.4 Å². The largest absolute Gasteiger partial charge is 0.504 e. The lowest BCUT2D eigenvalue weighted by Gasteiger charge is -2.16. The first-order chi connectivity index (χ1) is 12.5. The van der Waals surface area contributed by atoms with Gasteiger partial charge in [-0.25, -0.2) is 4.79 Å². The summed E-state index contributed by atoms with van der Waals surface area (Å²) in [6.07, 6.45) is 2.73. The third kappa shape index (κ3) is 5.66. The molecule has 136 valence electrons. The van der Waals surface area contributed by atoms with Gasteiger partial charge in [-0.05, 0) is 29.3 Å². The number of hydrogen-bond donors (Lipinski definition) is 1. The summed E-state index contributed by atoms with van der Waals surface area (Å²) in [6.45, 7) is 0.117. The summed E-state index contributed by atoms with van der Waals surface area (Å²) in [5, 5.41) is 9.53. The van der Waals surface area contributed by atoms with E-state index in [1.54, 1.807) is 19.2 Å². The fourth-order valence-corrected chi connectivity index (χ4v) is 2.20. The Morgan fingerprint density at radius 1 is 1.15 bits per heavy atom. The Morgan fingerprint density at radius 3 is 2.58 bits per heavy atom. The first-order valence-electron chi connectivity index (χ1n) is 7.99. The van der Waals surface area contributed by atoms with E-state index < -0.39 is 5.97 Å². The first-order valence-corrected chi connectivity index (χ1v) is 7.99. The standard InChI is InChI=1S/C20H21NO5/c1-21(13-16-6-4-3-5-7-16)19(23)14-26-20(24)11-9-15-8-10-17(22)18(12-15)25-2/h3-12,22H,13-14H2,1-2H3. The zero-order valence-electron chi connectivity index (χ0n) is 14.7. The molecule has 0 aliphatic carbocycles. The van der Waals surface area contributed by atoms with Crippen LogP contribution in [-0.4, -0.2) is 42.6 Å². The quantitative estimate of drug-likeness (QED) is 0.610. The van der Waals surface area contributed by atoms with Crippen molar-refractivity contribution in [1.29, 1.82) is 0 Å². The molecule has 6 nitrogen and oxygen atoms in total. The molecule has 1 amide bonds. The van der Waals surface area contributed by atoms with Gasteiger partial charge in [-0.15, -0.1) is 0 Å². The van der Waals surface area contributed by atoms with Crippen LogP contribution in [0.5, 0.6) is 11.5 Å². The number of benzene rings is 2. The van der Waals surface area contributed by atoms with Gasteiger partial charge in [-0.2, -0.15) is 0 Å². The Bertz CT molecular complexity index is 786. The van der Waals surface area contributed by atoms with E-state index in [0.717, 1.165) is 5.56 Å². The van der Waals surface area contributed by atoms with Crippen LogP contribution in [0.15, 0.2) is 54.6 Å². The van der Waals surface area contributed by atoms with Crippen molar-refractivity contribution in [2.75, 3.05) is 20.8 Å². The zero-order chi connectivity index (χ0) is 18.9. The number of phenols is 1. The van der Waals surface area contributed by atoms with Crippen molar-refractivity contribution in [3.8, 4) is 11.5 Å². The number of likely N-dealkylation sites (N-methyl/N-ethyl adjacent to an activating group) is 1. The summed E-state index contributed by atoms with van der Waals surface area (Å²) in [4.78, 5) is 25.3. The number of hydrogen-bond acceptors (Lipinski definition) is 5. The van der Waals surface area contributed by atoms with E-state index in [2.05, 4.69) is 0 Å². The molecule has 0 aliphatic rings. The van der Waals surface area contributed by atoms with Crippen molar-refractivity contribution >= 4 is 18.0 Å². The number of rotatable bonds is 7. The van der Waals surface area contributed by atoms with Gasteiger partial charge in [0, 0.05) is 19.7 Å². The number of esters is 1. The fourth-order valence-electron chi connectivity index (χ4n) is 2.20. The van der Waals surface area contributed by atoms with E-state index in [4.69, 9.17) is 9.47 Å².